The van der Waals surface area contributed by atoms with Gasteiger partial charge in [-0.1, -0.05) is 30.3 Å². The Balaban J connectivity index is 2.05. The molecule has 1 atom stereocenters. The zero-order valence-electron chi connectivity index (χ0n) is 13.3. The monoisotopic (exact) mass is 348 g/mol. The Kier molecular flexibility index (Phi) is 6.59. The first-order valence-electron chi connectivity index (χ1n) is 7.74. The van der Waals surface area contributed by atoms with Crippen LogP contribution in [-0.2, 0) is 9.59 Å². The summed E-state index contributed by atoms with van der Waals surface area (Å²) in [6, 6.07) is 11.1. The number of halogens is 2. The molecular weight excluding hydrogens is 330 g/mol. The molecule has 0 aliphatic carbocycles. The largest absolute Gasteiger partial charge is 0.396 e. The average Bonchev–Trinajstić information content (AvgIpc) is 2.61. The van der Waals surface area contributed by atoms with Crippen LogP contribution < -0.4 is 10.6 Å². The normalized spacial score (nSPS) is 11.6. The molecule has 1 unspecified atom stereocenters. The average molecular weight is 348 g/mol. The Morgan fingerprint density at radius 2 is 1.76 bits per heavy atom. The second-order valence-electron chi connectivity index (χ2n) is 5.38. The Bertz CT molecular complexity index is 738. The molecule has 5 nitrogen and oxygen atoms in total. The molecule has 0 saturated carbocycles. The minimum absolute atomic E-state index is 0.0494. The van der Waals surface area contributed by atoms with Crippen molar-refractivity contribution in [1.82, 2.24) is 5.32 Å². The van der Waals surface area contributed by atoms with E-state index in [0.717, 1.165) is 17.7 Å². The Morgan fingerprint density at radius 1 is 1.04 bits per heavy atom. The van der Waals surface area contributed by atoms with Crippen molar-refractivity contribution in [2.75, 3.05) is 11.9 Å². The topological polar surface area (TPSA) is 78.4 Å². The summed E-state index contributed by atoms with van der Waals surface area (Å²) >= 11 is 0. The molecule has 2 aromatic rings. The fourth-order valence-corrected chi connectivity index (χ4v) is 2.30. The van der Waals surface area contributed by atoms with Crippen molar-refractivity contribution < 1.29 is 23.5 Å². The van der Waals surface area contributed by atoms with Crippen molar-refractivity contribution in [3.8, 4) is 0 Å². The molecule has 2 rings (SSSR count). The first-order valence-corrected chi connectivity index (χ1v) is 7.74. The second kappa shape index (κ2) is 8.89. The number of aliphatic hydroxyl groups excluding tert-OH is 1. The van der Waals surface area contributed by atoms with Crippen molar-refractivity contribution >= 4 is 17.5 Å². The standard InChI is InChI=1S/C18H18F2N2O3/c19-13-8-9-16(14(20)11-13)22-18(25)17(24)21-15(7-4-10-23)12-5-2-1-3-6-12/h1-3,5-6,8-9,11,15,23H,4,7,10H2,(H,21,24)(H,22,25). The van der Waals surface area contributed by atoms with Gasteiger partial charge in [-0.3, -0.25) is 9.59 Å². The highest BCUT2D eigenvalue weighted by molar-refractivity contribution is 6.39. The van der Waals surface area contributed by atoms with Crippen LogP contribution in [0.4, 0.5) is 14.5 Å². The highest BCUT2D eigenvalue weighted by Crippen LogP contribution is 2.19. The van der Waals surface area contributed by atoms with E-state index in [1.54, 1.807) is 24.3 Å². The number of rotatable bonds is 6. The maximum Gasteiger partial charge on any atom is 0.313 e. The molecule has 7 heteroatoms. The number of carbonyl (C=O) groups is 2. The molecule has 0 aliphatic rings. The van der Waals surface area contributed by atoms with E-state index in [2.05, 4.69) is 10.6 Å². The second-order valence-corrected chi connectivity index (χ2v) is 5.38. The molecule has 0 heterocycles. The third-order valence-electron chi connectivity index (χ3n) is 3.54. The Hall–Kier alpha value is -2.80. The molecule has 25 heavy (non-hydrogen) atoms. The van der Waals surface area contributed by atoms with Gasteiger partial charge in [-0.2, -0.15) is 0 Å². The van der Waals surface area contributed by atoms with Gasteiger partial charge in [-0.05, 0) is 30.5 Å². The Labute approximate surface area is 143 Å². The fraction of sp³-hybridized carbons (Fsp3) is 0.222. The predicted octanol–water partition coefficient (Wildman–Crippen LogP) is 2.53. The summed E-state index contributed by atoms with van der Waals surface area (Å²) in [6.07, 6.45) is 0.874. The number of hydrogen-bond donors (Lipinski definition) is 3. The van der Waals surface area contributed by atoms with Crippen LogP contribution in [0.15, 0.2) is 48.5 Å². The van der Waals surface area contributed by atoms with Crippen LogP contribution >= 0.6 is 0 Å². The summed E-state index contributed by atoms with van der Waals surface area (Å²) in [6.45, 7) is -0.0494. The molecule has 0 aromatic heterocycles. The van der Waals surface area contributed by atoms with Gasteiger partial charge >= 0.3 is 11.8 Å². The third kappa shape index (κ3) is 5.36. The zero-order valence-corrected chi connectivity index (χ0v) is 13.3. The maximum absolute atomic E-state index is 13.6. The van der Waals surface area contributed by atoms with E-state index in [9.17, 15) is 18.4 Å². The van der Waals surface area contributed by atoms with Crippen LogP contribution in [-0.4, -0.2) is 23.5 Å². The number of amides is 2. The molecule has 0 aliphatic heterocycles. The first-order chi connectivity index (χ1) is 12.0. The van der Waals surface area contributed by atoms with Gasteiger partial charge in [-0.15, -0.1) is 0 Å². The molecular formula is C18H18F2N2O3. The van der Waals surface area contributed by atoms with Crippen molar-refractivity contribution in [2.24, 2.45) is 0 Å². The van der Waals surface area contributed by atoms with Crippen LogP contribution in [0.1, 0.15) is 24.4 Å². The van der Waals surface area contributed by atoms with E-state index < -0.39 is 29.5 Å². The summed E-state index contributed by atoms with van der Waals surface area (Å²) in [5.74, 6) is -3.76. The predicted molar refractivity (Wildman–Crippen MR) is 88.6 cm³/mol. The van der Waals surface area contributed by atoms with Gasteiger partial charge in [0.05, 0.1) is 11.7 Å². The number of hydrogen-bond acceptors (Lipinski definition) is 3. The smallest absolute Gasteiger partial charge is 0.313 e. The van der Waals surface area contributed by atoms with Crippen molar-refractivity contribution in [2.45, 2.75) is 18.9 Å². The minimum Gasteiger partial charge on any atom is -0.396 e. The molecule has 0 radical (unpaired) electrons. The summed E-state index contributed by atoms with van der Waals surface area (Å²) in [4.78, 5) is 24.0. The van der Waals surface area contributed by atoms with Gasteiger partial charge in [0.1, 0.15) is 11.6 Å². The van der Waals surface area contributed by atoms with Crippen molar-refractivity contribution in [3.05, 3.63) is 65.7 Å². The van der Waals surface area contributed by atoms with Crippen LogP contribution in [0.2, 0.25) is 0 Å². The molecule has 132 valence electrons. The zero-order chi connectivity index (χ0) is 18.2. The Morgan fingerprint density at radius 3 is 2.40 bits per heavy atom. The molecule has 0 spiro atoms. The SMILES string of the molecule is O=C(Nc1ccc(F)cc1F)C(=O)NC(CCCO)c1ccccc1. The molecule has 0 bridgehead atoms. The number of carbonyl (C=O) groups excluding carboxylic acids is 2. The highest BCUT2D eigenvalue weighted by Gasteiger charge is 2.20. The van der Waals surface area contributed by atoms with Crippen LogP contribution in [0.3, 0.4) is 0 Å². The molecule has 2 amide bonds. The summed E-state index contributed by atoms with van der Waals surface area (Å²) in [7, 11) is 0. The van der Waals surface area contributed by atoms with Crippen LogP contribution in [0.5, 0.6) is 0 Å². The number of anilines is 1. The molecule has 2 aromatic carbocycles. The molecule has 3 N–H and O–H groups in total. The third-order valence-corrected chi connectivity index (χ3v) is 3.54. The lowest BCUT2D eigenvalue weighted by molar-refractivity contribution is -0.136. The van der Waals surface area contributed by atoms with E-state index in [4.69, 9.17) is 5.11 Å². The fourth-order valence-electron chi connectivity index (χ4n) is 2.30. The van der Waals surface area contributed by atoms with E-state index in [1.807, 2.05) is 6.07 Å². The van der Waals surface area contributed by atoms with Gasteiger partial charge < -0.3 is 15.7 Å². The molecule has 0 saturated heterocycles. The summed E-state index contributed by atoms with van der Waals surface area (Å²) < 4.78 is 26.4. The van der Waals surface area contributed by atoms with Gasteiger partial charge in [0, 0.05) is 12.7 Å². The van der Waals surface area contributed by atoms with Crippen molar-refractivity contribution in [1.29, 1.82) is 0 Å². The van der Waals surface area contributed by atoms with E-state index >= 15 is 0 Å². The van der Waals surface area contributed by atoms with Crippen LogP contribution in [0.25, 0.3) is 0 Å². The van der Waals surface area contributed by atoms with Crippen molar-refractivity contribution in [3.63, 3.8) is 0 Å². The summed E-state index contributed by atoms with van der Waals surface area (Å²) in [5, 5.41) is 13.7. The minimum atomic E-state index is -1.06. The van der Waals surface area contributed by atoms with Gasteiger partial charge in [-0.25, -0.2) is 8.78 Å². The number of benzene rings is 2. The molecule has 0 fully saturated rings. The quantitative estimate of drug-likeness (QED) is 0.702. The number of nitrogens with one attached hydrogen (secondary N) is 2. The summed E-state index contributed by atoms with van der Waals surface area (Å²) in [5.41, 5.74) is 0.498. The maximum atomic E-state index is 13.6. The van der Waals surface area contributed by atoms with Crippen LogP contribution in [0, 0.1) is 11.6 Å². The van der Waals surface area contributed by atoms with E-state index in [1.165, 1.54) is 0 Å². The van der Waals surface area contributed by atoms with E-state index in [-0.39, 0.29) is 12.3 Å². The van der Waals surface area contributed by atoms with Gasteiger partial charge in [0.25, 0.3) is 0 Å². The number of aliphatic hydroxyl groups is 1. The van der Waals surface area contributed by atoms with E-state index in [0.29, 0.717) is 18.9 Å². The van der Waals surface area contributed by atoms with Gasteiger partial charge in [0.15, 0.2) is 0 Å². The lowest BCUT2D eigenvalue weighted by Crippen LogP contribution is -2.38. The highest BCUT2D eigenvalue weighted by atomic mass is 19.1. The first kappa shape index (κ1) is 18.5. The lowest BCUT2D eigenvalue weighted by atomic mass is 10.0. The van der Waals surface area contributed by atoms with Gasteiger partial charge in [0.2, 0.25) is 0 Å². The lowest BCUT2D eigenvalue weighted by Gasteiger charge is -2.18.